The van der Waals surface area contributed by atoms with Gasteiger partial charge in [-0.2, -0.15) is 0 Å². The van der Waals surface area contributed by atoms with Crippen molar-refractivity contribution >= 4 is 39.2 Å². The van der Waals surface area contributed by atoms with Crippen LogP contribution >= 0.6 is 0 Å². The summed E-state index contributed by atoms with van der Waals surface area (Å²) in [6.07, 6.45) is 1.63. The monoisotopic (exact) mass is 298 g/mol. The first-order valence-electron chi connectivity index (χ1n) is 6.26. The predicted molar refractivity (Wildman–Crippen MR) is 83.7 cm³/mol. The molecule has 0 aliphatic heterocycles. The standard InChI is InChI=1S/C15H13N3O2S/c16-12-7-1-2-8-13(12)18(21(19)20)14-9-3-5-11-6-4-10-17-15(11)14/h1-10H,16H2,(H,19,20)/p-1. The van der Waals surface area contributed by atoms with Crippen LogP contribution in [0.15, 0.2) is 60.8 Å². The average Bonchev–Trinajstić information content (AvgIpc) is 2.49. The third-order valence-corrected chi connectivity index (χ3v) is 3.83. The second-order valence-electron chi connectivity index (χ2n) is 4.42. The largest absolute Gasteiger partial charge is 0.755 e. The number of hydrogen-bond donors (Lipinski definition) is 1. The van der Waals surface area contributed by atoms with Gasteiger partial charge in [-0.3, -0.25) is 13.5 Å². The Labute approximate surface area is 124 Å². The Morgan fingerprint density at radius 1 is 1.00 bits per heavy atom. The lowest BCUT2D eigenvalue weighted by Crippen LogP contribution is -2.21. The number of aromatic nitrogens is 1. The van der Waals surface area contributed by atoms with Crippen molar-refractivity contribution in [3.05, 3.63) is 60.8 Å². The maximum atomic E-state index is 11.7. The van der Waals surface area contributed by atoms with E-state index in [-0.39, 0.29) is 0 Å². The highest BCUT2D eigenvalue weighted by Crippen LogP contribution is 2.34. The zero-order valence-electron chi connectivity index (χ0n) is 11.0. The van der Waals surface area contributed by atoms with Crippen molar-refractivity contribution in [1.82, 2.24) is 4.98 Å². The Bertz CT molecular complexity index is 817. The average molecular weight is 298 g/mol. The SMILES string of the molecule is Nc1ccccc1N(c1cccc2cccnc12)S(=O)[O-]. The van der Waals surface area contributed by atoms with Gasteiger partial charge in [0.2, 0.25) is 0 Å². The zero-order chi connectivity index (χ0) is 14.8. The molecule has 6 heteroatoms. The van der Waals surface area contributed by atoms with Gasteiger partial charge in [0, 0.05) is 11.6 Å². The van der Waals surface area contributed by atoms with Crippen LogP contribution < -0.4 is 10.0 Å². The topological polar surface area (TPSA) is 82.3 Å². The molecule has 5 nitrogen and oxygen atoms in total. The van der Waals surface area contributed by atoms with E-state index in [0.717, 1.165) is 9.69 Å². The van der Waals surface area contributed by atoms with Gasteiger partial charge in [-0.1, -0.05) is 30.3 Å². The number of nitrogens with zero attached hydrogens (tertiary/aromatic N) is 2. The molecule has 0 saturated carbocycles. The van der Waals surface area contributed by atoms with E-state index in [4.69, 9.17) is 5.73 Å². The molecule has 21 heavy (non-hydrogen) atoms. The summed E-state index contributed by atoms with van der Waals surface area (Å²) < 4.78 is 24.6. The third kappa shape index (κ3) is 2.46. The molecule has 1 heterocycles. The maximum absolute atomic E-state index is 11.7. The Morgan fingerprint density at radius 3 is 2.48 bits per heavy atom. The minimum atomic E-state index is -2.51. The second kappa shape index (κ2) is 5.51. The van der Waals surface area contributed by atoms with Crippen molar-refractivity contribution in [3.8, 4) is 0 Å². The van der Waals surface area contributed by atoms with E-state index in [2.05, 4.69) is 4.98 Å². The Morgan fingerprint density at radius 2 is 1.71 bits per heavy atom. The summed E-state index contributed by atoms with van der Waals surface area (Å²) in [5.41, 5.74) is 7.77. The van der Waals surface area contributed by atoms with Crippen LogP contribution in [0.2, 0.25) is 0 Å². The fourth-order valence-electron chi connectivity index (χ4n) is 2.21. The number of benzene rings is 2. The van der Waals surface area contributed by atoms with E-state index >= 15 is 0 Å². The predicted octanol–water partition coefficient (Wildman–Crippen LogP) is 2.75. The van der Waals surface area contributed by atoms with Gasteiger partial charge in [0.05, 0.1) is 33.8 Å². The molecular weight excluding hydrogens is 286 g/mol. The molecule has 0 amide bonds. The van der Waals surface area contributed by atoms with Crippen LogP contribution in [0.1, 0.15) is 0 Å². The van der Waals surface area contributed by atoms with Gasteiger partial charge in [-0.05, 0) is 24.3 Å². The molecule has 2 N–H and O–H groups in total. The summed E-state index contributed by atoms with van der Waals surface area (Å²) in [4.78, 5) is 4.28. The van der Waals surface area contributed by atoms with Gasteiger partial charge in [-0.25, -0.2) is 0 Å². The summed E-state index contributed by atoms with van der Waals surface area (Å²) in [5, 5.41) is 0.861. The van der Waals surface area contributed by atoms with Gasteiger partial charge in [0.15, 0.2) is 0 Å². The quantitative estimate of drug-likeness (QED) is 0.595. The first-order chi connectivity index (χ1) is 10.2. The number of pyridine rings is 1. The lowest BCUT2D eigenvalue weighted by molar-refractivity contribution is 0.537. The molecule has 0 bridgehead atoms. The molecule has 3 aromatic rings. The molecule has 1 unspecified atom stereocenters. The minimum absolute atomic E-state index is 0.384. The lowest BCUT2D eigenvalue weighted by Gasteiger charge is -2.28. The van der Waals surface area contributed by atoms with Gasteiger partial charge in [0.25, 0.3) is 0 Å². The van der Waals surface area contributed by atoms with Crippen LogP contribution in [-0.4, -0.2) is 13.7 Å². The van der Waals surface area contributed by atoms with Crippen molar-refractivity contribution in [2.45, 2.75) is 0 Å². The summed E-state index contributed by atoms with van der Waals surface area (Å²) >= 11 is -2.51. The van der Waals surface area contributed by atoms with Crippen molar-refractivity contribution in [2.24, 2.45) is 0 Å². The normalized spacial score (nSPS) is 12.2. The highest BCUT2D eigenvalue weighted by Gasteiger charge is 2.16. The molecule has 0 aliphatic carbocycles. The van der Waals surface area contributed by atoms with Gasteiger partial charge in [-0.15, -0.1) is 0 Å². The number of fused-ring (bicyclic) bond motifs is 1. The summed E-state index contributed by atoms with van der Waals surface area (Å²) in [5.74, 6) is 0. The maximum Gasteiger partial charge on any atom is 0.0948 e. The Kier molecular flexibility index (Phi) is 3.55. The van der Waals surface area contributed by atoms with Gasteiger partial charge < -0.3 is 10.3 Å². The highest BCUT2D eigenvalue weighted by molar-refractivity contribution is 7.81. The fraction of sp³-hybridized carbons (Fsp3) is 0. The number of rotatable bonds is 3. The number of hydrogen-bond acceptors (Lipinski definition) is 4. The van der Waals surface area contributed by atoms with Crippen LogP contribution in [0.4, 0.5) is 17.1 Å². The Hall–Kier alpha value is -2.44. The van der Waals surface area contributed by atoms with Gasteiger partial charge in [0.1, 0.15) is 0 Å². The minimum Gasteiger partial charge on any atom is -0.755 e. The molecule has 0 radical (unpaired) electrons. The molecular formula is C15H12N3O2S-. The van der Waals surface area contributed by atoms with Crippen molar-refractivity contribution in [2.75, 3.05) is 10.0 Å². The van der Waals surface area contributed by atoms with E-state index in [1.165, 1.54) is 0 Å². The first-order valence-corrected chi connectivity index (χ1v) is 7.29. The number of para-hydroxylation sites is 3. The zero-order valence-corrected chi connectivity index (χ0v) is 11.8. The smallest absolute Gasteiger partial charge is 0.0948 e. The lowest BCUT2D eigenvalue weighted by atomic mass is 10.2. The van der Waals surface area contributed by atoms with Crippen LogP contribution in [0.25, 0.3) is 10.9 Å². The van der Waals surface area contributed by atoms with E-state index in [1.807, 2.05) is 18.2 Å². The van der Waals surface area contributed by atoms with E-state index in [0.29, 0.717) is 22.6 Å². The molecule has 0 fully saturated rings. The summed E-state index contributed by atoms with van der Waals surface area (Å²) in [6.45, 7) is 0. The first kappa shape index (κ1) is 13.5. The van der Waals surface area contributed by atoms with Crippen molar-refractivity contribution in [3.63, 3.8) is 0 Å². The fourth-order valence-corrected chi connectivity index (χ4v) is 2.85. The van der Waals surface area contributed by atoms with Crippen LogP contribution in [0.3, 0.4) is 0 Å². The molecule has 1 aromatic heterocycles. The molecule has 2 aromatic carbocycles. The molecule has 106 valence electrons. The molecule has 3 rings (SSSR count). The highest BCUT2D eigenvalue weighted by atomic mass is 32.2. The van der Waals surface area contributed by atoms with Crippen LogP contribution in [0, 0.1) is 0 Å². The summed E-state index contributed by atoms with van der Waals surface area (Å²) in [6, 6.07) is 15.9. The number of anilines is 3. The third-order valence-electron chi connectivity index (χ3n) is 3.13. The van der Waals surface area contributed by atoms with E-state index in [1.54, 1.807) is 42.6 Å². The molecule has 0 saturated heterocycles. The second-order valence-corrected chi connectivity index (χ2v) is 5.22. The molecule has 1 atom stereocenters. The van der Waals surface area contributed by atoms with E-state index in [9.17, 15) is 8.76 Å². The van der Waals surface area contributed by atoms with E-state index < -0.39 is 11.3 Å². The Balaban J connectivity index is 2.26. The summed E-state index contributed by atoms with van der Waals surface area (Å²) in [7, 11) is 0. The van der Waals surface area contributed by atoms with Crippen molar-refractivity contribution < 1.29 is 8.76 Å². The molecule has 0 aliphatic rings. The van der Waals surface area contributed by atoms with Crippen LogP contribution in [0.5, 0.6) is 0 Å². The van der Waals surface area contributed by atoms with Crippen LogP contribution in [-0.2, 0) is 11.3 Å². The number of nitrogen functional groups attached to an aromatic ring is 1. The van der Waals surface area contributed by atoms with Crippen molar-refractivity contribution in [1.29, 1.82) is 0 Å². The molecule has 0 spiro atoms. The number of nitrogens with two attached hydrogens (primary N) is 1. The van der Waals surface area contributed by atoms with Gasteiger partial charge >= 0.3 is 0 Å².